The molecule has 2 heterocycles. The van der Waals surface area contributed by atoms with Crippen LogP contribution in [-0.4, -0.2) is 33.3 Å². The van der Waals surface area contributed by atoms with Gasteiger partial charge in [0.15, 0.2) is 11.5 Å². The lowest BCUT2D eigenvalue weighted by Crippen LogP contribution is -2.17. The second-order valence-corrected chi connectivity index (χ2v) is 8.49. The van der Waals surface area contributed by atoms with Crippen molar-refractivity contribution in [2.45, 2.75) is 11.4 Å². The van der Waals surface area contributed by atoms with Crippen molar-refractivity contribution in [3.63, 3.8) is 0 Å². The fraction of sp³-hybridized carbons (Fsp3) is 0.211. The van der Waals surface area contributed by atoms with Gasteiger partial charge >= 0.3 is 0 Å². The molecular weight excluding hydrogens is 400 g/mol. The van der Waals surface area contributed by atoms with Gasteiger partial charge in [-0.25, -0.2) is 0 Å². The van der Waals surface area contributed by atoms with Gasteiger partial charge in [-0.15, -0.1) is 10.8 Å². The number of benzene rings is 2. The Hall–Kier alpha value is -2.96. The molecule has 0 bridgehead atoms. The summed E-state index contributed by atoms with van der Waals surface area (Å²) in [5, 5.41) is 0. The number of ether oxygens (including phenoxy) is 3. The van der Waals surface area contributed by atoms with E-state index in [0.29, 0.717) is 30.5 Å². The van der Waals surface area contributed by atoms with Crippen molar-refractivity contribution < 1.29 is 22.6 Å². The van der Waals surface area contributed by atoms with Crippen LogP contribution in [-0.2, 0) is 16.6 Å². The molecule has 7 nitrogen and oxygen atoms in total. The molecule has 0 saturated heterocycles. The Labute approximate surface area is 165 Å². The second kappa shape index (κ2) is 7.22. The number of rotatable bonds is 4. The van der Waals surface area contributed by atoms with Crippen LogP contribution in [0.5, 0.6) is 17.2 Å². The highest BCUT2D eigenvalue weighted by Gasteiger charge is 2.18. The summed E-state index contributed by atoms with van der Waals surface area (Å²) < 4.78 is 48.4. The highest BCUT2D eigenvalue weighted by molar-refractivity contribution is 7.90. The van der Waals surface area contributed by atoms with Crippen LogP contribution in [0.15, 0.2) is 45.7 Å². The van der Waals surface area contributed by atoms with Gasteiger partial charge in [0.05, 0.1) is 28.8 Å². The zero-order valence-corrected chi connectivity index (χ0v) is 16.5. The zero-order valence-electron chi connectivity index (χ0n) is 14.9. The molecule has 0 atom stereocenters. The number of thiazole rings is 1. The van der Waals surface area contributed by atoms with E-state index >= 15 is 0 Å². The summed E-state index contributed by atoms with van der Waals surface area (Å²) in [7, 11) is -2.40. The van der Waals surface area contributed by atoms with Gasteiger partial charge in [-0.1, -0.05) is 17.3 Å². The Morgan fingerprint density at radius 1 is 1.21 bits per heavy atom. The fourth-order valence-electron chi connectivity index (χ4n) is 2.82. The molecule has 0 amide bonds. The van der Waals surface area contributed by atoms with Gasteiger partial charge in [-0.05, 0) is 24.3 Å². The molecule has 1 aromatic heterocycles. The molecule has 2 aromatic carbocycles. The monoisotopic (exact) mass is 416 g/mol. The number of sulfonamides is 1. The average molecular weight is 416 g/mol. The van der Waals surface area contributed by atoms with E-state index in [2.05, 4.69) is 10.3 Å². The Bertz CT molecular complexity index is 1250. The molecule has 1 aliphatic rings. The van der Waals surface area contributed by atoms with Gasteiger partial charge in [0, 0.05) is 12.1 Å². The van der Waals surface area contributed by atoms with Gasteiger partial charge in [0.2, 0.25) is 4.80 Å². The van der Waals surface area contributed by atoms with Crippen molar-refractivity contribution in [2.75, 3.05) is 20.3 Å². The summed E-state index contributed by atoms with van der Waals surface area (Å²) in [6, 6.07) is 9.68. The number of nitrogens with zero attached hydrogens (tertiary/aromatic N) is 2. The van der Waals surface area contributed by atoms with Crippen molar-refractivity contribution in [3.05, 3.63) is 41.2 Å². The first-order chi connectivity index (χ1) is 13.5. The molecule has 0 unspecified atom stereocenters. The first-order valence-electron chi connectivity index (χ1n) is 8.33. The van der Waals surface area contributed by atoms with E-state index in [1.165, 1.54) is 30.6 Å². The standard InChI is InChI=1S/C19H16N2O5S2/c1-3-8-21-15-11-16-17(26-10-9-25-16)12-18(15)27-19(21)20-28(22,23)14-6-4-13(24-2)5-7-14/h1,4-7,11-12H,8-10H2,2H3/b20-19-. The number of hydrogen-bond acceptors (Lipinski definition) is 6. The normalized spacial score (nSPS) is 14.1. The minimum atomic E-state index is -3.92. The first kappa shape index (κ1) is 18.4. The van der Waals surface area contributed by atoms with Crippen molar-refractivity contribution in [1.29, 1.82) is 0 Å². The molecule has 4 rings (SSSR count). The van der Waals surface area contributed by atoms with E-state index in [1.807, 2.05) is 6.07 Å². The van der Waals surface area contributed by atoms with Crippen LogP contribution in [0.4, 0.5) is 0 Å². The number of hydrogen-bond donors (Lipinski definition) is 0. The van der Waals surface area contributed by atoms with Crippen molar-refractivity contribution in [1.82, 2.24) is 4.57 Å². The highest BCUT2D eigenvalue weighted by atomic mass is 32.2. The topological polar surface area (TPSA) is 79.1 Å². The van der Waals surface area contributed by atoms with E-state index in [-0.39, 0.29) is 16.2 Å². The third-order valence-electron chi connectivity index (χ3n) is 4.15. The van der Waals surface area contributed by atoms with E-state index in [0.717, 1.165) is 10.2 Å². The molecule has 0 spiro atoms. The van der Waals surface area contributed by atoms with Gasteiger partial charge < -0.3 is 18.8 Å². The first-order valence-corrected chi connectivity index (χ1v) is 10.6. The van der Waals surface area contributed by atoms with Crippen LogP contribution in [0.1, 0.15) is 0 Å². The Morgan fingerprint density at radius 3 is 2.54 bits per heavy atom. The minimum Gasteiger partial charge on any atom is -0.497 e. The number of fused-ring (bicyclic) bond motifs is 2. The van der Waals surface area contributed by atoms with Crippen LogP contribution in [0.25, 0.3) is 10.2 Å². The third kappa shape index (κ3) is 3.32. The second-order valence-electron chi connectivity index (χ2n) is 5.88. The molecule has 9 heteroatoms. The third-order valence-corrected chi connectivity index (χ3v) is 6.59. The molecule has 0 radical (unpaired) electrons. The molecule has 3 aromatic rings. The van der Waals surface area contributed by atoms with Crippen LogP contribution in [0.3, 0.4) is 0 Å². The fourth-order valence-corrected chi connectivity index (χ4v) is 5.07. The van der Waals surface area contributed by atoms with Crippen LogP contribution < -0.4 is 19.0 Å². The van der Waals surface area contributed by atoms with Gasteiger partial charge in [-0.2, -0.15) is 8.42 Å². The number of terminal acetylenes is 1. The smallest absolute Gasteiger partial charge is 0.285 e. The molecule has 0 saturated carbocycles. The largest absolute Gasteiger partial charge is 0.497 e. The van der Waals surface area contributed by atoms with E-state index in [4.69, 9.17) is 20.6 Å². The molecule has 0 aliphatic carbocycles. The lowest BCUT2D eigenvalue weighted by Gasteiger charge is -2.18. The summed E-state index contributed by atoms with van der Waals surface area (Å²) >= 11 is 1.23. The molecule has 144 valence electrons. The molecular formula is C19H16N2O5S2. The lowest BCUT2D eigenvalue weighted by atomic mass is 10.2. The van der Waals surface area contributed by atoms with Gasteiger partial charge in [-0.3, -0.25) is 0 Å². The average Bonchev–Trinajstić information content (AvgIpc) is 3.02. The summed E-state index contributed by atoms with van der Waals surface area (Å²) in [4.78, 5) is 0.357. The van der Waals surface area contributed by atoms with Gasteiger partial charge in [0.1, 0.15) is 19.0 Å². The molecule has 28 heavy (non-hydrogen) atoms. The van der Waals surface area contributed by atoms with Crippen molar-refractivity contribution in [3.8, 4) is 29.6 Å². The SMILES string of the molecule is C#CCn1/c(=N/S(=O)(=O)c2ccc(OC)cc2)sc2cc3c(cc21)OCCO3. The summed E-state index contributed by atoms with van der Waals surface area (Å²) in [5.74, 6) is 4.34. The number of aromatic nitrogens is 1. The van der Waals surface area contributed by atoms with Gasteiger partial charge in [0.25, 0.3) is 10.0 Å². The highest BCUT2D eigenvalue weighted by Crippen LogP contribution is 2.35. The Balaban J connectivity index is 1.88. The molecule has 1 aliphatic heterocycles. The van der Waals surface area contributed by atoms with Crippen LogP contribution in [0, 0.1) is 12.3 Å². The maximum Gasteiger partial charge on any atom is 0.285 e. The lowest BCUT2D eigenvalue weighted by molar-refractivity contribution is 0.172. The predicted octanol–water partition coefficient (Wildman–Crippen LogP) is 2.41. The maximum absolute atomic E-state index is 12.8. The maximum atomic E-state index is 12.8. The quantitative estimate of drug-likeness (QED) is 0.611. The van der Waals surface area contributed by atoms with E-state index in [1.54, 1.807) is 22.8 Å². The summed E-state index contributed by atoms with van der Waals surface area (Å²) in [6.45, 7) is 1.11. The van der Waals surface area contributed by atoms with E-state index < -0.39 is 10.0 Å². The zero-order chi connectivity index (χ0) is 19.7. The molecule has 0 fully saturated rings. The summed E-state index contributed by atoms with van der Waals surface area (Å²) in [6.07, 6.45) is 5.50. The van der Waals surface area contributed by atoms with Crippen molar-refractivity contribution >= 4 is 31.6 Å². The van der Waals surface area contributed by atoms with Crippen LogP contribution >= 0.6 is 11.3 Å². The Kier molecular flexibility index (Phi) is 4.75. The van der Waals surface area contributed by atoms with Crippen molar-refractivity contribution in [2.24, 2.45) is 4.40 Å². The predicted molar refractivity (Wildman–Crippen MR) is 105 cm³/mol. The molecule has 0 N–H and O–H groups in total. The number of methoxy groups -OCH3 is 1. The Morgan fingerprint density at radius 2 is 1.89 bits per heavy atom. The summed E-state index contributed by atoms with van der Waals surface area (Å²) in [5.41, 5.74) is 0.746. The minimum absolute atomic E-state index is 0.0731. The van der Waals surface area contributed by atoms with E-state index in [9.17, 15) is 8.42 Å². The van der Waals surface area contributed by atoms with Crippen LogP contribution in [0.2, 0.25) is 0 Å².